The largest absolute Gasteiger partial charge is 0.472 e. The van der Waals surface area contributed by atoms with Crippen LogP contribution in [0.3, 0.4) is 0 Å². The minimum absolute atomic E-state index is 0.104. The molecule has 0 rings (SSSR count). The highest BCUT2D eigenvalue weighted by Crippen LogP contribution is 2.45. The Morgan fingerprint density at radius 2 is 0.490 bits per heavy atom. The number of phosphoric ester groups is 2. The molecule has 0 aliphatic rings. The number of phosphoric acid groups is 2. The lowest BCUT2D eigenvalue weighted by Crippen LogP contribution is -2.30. The maximum atomic E-state index is 13.1. The van der Waals surface area contributed by atoms with Crippen LogP contribution < -0.4 is 0 Å². The van der Waals surface area contributed by atoms with E-state index in [9.17, 15) is 43.2 Å². The van der Waals surface area contributed by atoms with Crippen molar-refractivity contribution >= 4 is 39.5 Å². The molecule has 3 N–H and O–H groups in total. The van der Waals surface area contributed by atoms with Crippen molar-refractivity contribution in [2.24, 2.45) is 11.8 Å². The molecule has 0 aromatic heterocycles. The average molecular weight is 1440 g/mol. The van der Waals surface area contributed by atoms with Crippen LogP contribution in [0.25, 0.3) is 0 Å². The fourth-order valence-electron chi connectivity index (χ4n) is 12.1. The molecule has 0 amide bonds. The van der Waals surface area contributed by atoms with Gasteiger partial charge in [-0.05, 0) is 37.5 Å². The molecular weight excluding hydrogens is 1280 g/mol. The highest BCUT2D eigenvalue weighted by molar-refractivity contribution is 7.47. The molecule has 0 aliphatic carbocycles. The number of ether oxygens (including phenoxy) is 4. The Morgan fingerprint density at radius 1 is 0.286 bits per heavy atom. The Morgan fingerprint density at radius 3 is 0.724 bits per heavy atom. The van der Waals surface area contributed by atoms with Crippen LogP contribution in [0.5, 0.6) is 0 Å². The van der Waals surface area contributed by atoms with Crippen LogP contribution in [0.2, 0.25) is 0 Å². The monoisotopic (exact) mass is 1440 g/mol. The Hall–Kier alpha value is -1.94. The van der Waals surface area contributed by atoms with Crippen LogP contribution in [0.4, 0.5) is 0 Å². The zero-order chi connectivity index (χ0) is 72.1. The molecule has 0 saturated carbocycles. The molecule has 582 valence electrons. The van der Waals surface area contributed by atoms with Crippen molar-refractivity contribution in [3.63, 3.8) is 0 Å². The van der Waals surface area contributed by atoms with Gasteiger partial charge in [-0.25, -0.2) is 9.13 Å². The van der Waals surface area contributed by atoms with Crippen molar-refractivity contribution in [1.82, 2.24) is 0 Å². The number of hydrogen-bond acceptors (Lipinski definition) is 15. The summed E-state index contributed by atoms with van der Waals surface area (Å²) in [7, 11) is -9.92. The Kier molecular flexibility index (Phi) is 69.3. The van der Waals surface area contributed by atoms with Gasteiger partial charge in [0.25, 0.3) is 0 Å². The van der Waals surface area contributed by atoms with Gasteiger partial charge in [-0.3, -0.25) is 37.3 Å². The van der Waals surface area contributed by atoms with Gasteiger partial charge >= 0.3 is 39.5 Å². The fourth-order valence-corrected chi connectivity index (χ4v) is 13.7. The number of rotatable bonds is 78. The Balaban J connectivity index is 5.22. The van der Waals surface area contributed by atoms with E-state index in [0.717, 1.165) is 108 Å². The molecule has 0 aromatic rings. The quantitative estimate of drug-likeness (QED) is 0.0222. The third kappa shape index (κ3) is 69.8. The first-order valence-corrected chi connectivity index (χ1v) is 44.1. The lowest BCUT2D eigenvalue weighted by Gasteiger charge is -2.21. The number of hydrogen-bond donors (Lipinski definition) is 3. The van der Waals surface area contributed by atoms with Gasteiger partial charge in [-0.15, -0.1) is 0 Å². The zero-order valence-electron chi connectivity index (χ0n) is 64.1. The number of unbranched alkanes of at least 4 members (excludes halogenated alkanes) is 46. The lowest BCUT2D eigenvalue weighted by molar-refractivity contribution is -0.161. The van der Waals surface area contributed by atoms with Crippen LogP contribution in [-0.2, 0) is 65.4 Å². The van der Waals surface area contributed by atoms with Gasteiger partial charge in [-0.2, -0.15) is 0 Å². The number of carbonyl (C=O) groups is 4. The van der Waals surface area contributed by atoms with Crippen molar-refractivity contribution in [1.29, 1.82) is 0 Å². The number of aliphatic hydroxyl groups excluding tert-OH is 1. The van der Waals surface area contributed by atoms with Crippen molar-refractivity contribution < 1.29 is 80.2 Å². The van der Waals surface area contributed by atoms with E-state index in [2.05, 4.69) is 41.5 Å². The van der Waals surface area contributed by atoms with Gasteiger partial charge in [0.05, 0.1) is 26.4 Å². The maximum absolute atomic E-state index is 13.1. The molecular formula is C79H154O17P2. The summed E-state index contributed by atoms with van der Waals surface area (Å²) in [4.78, 5) is 72.9. The Labute approximate surface area is 600 Å². The van der Waals surface area contributed by atoms with Crippen LogP contribution in [0.1, 0.15) is 414 Å². The molecule has 0 fully saturated rings. The molecule has 0 saturated heterocycles. The van der Waals surface area contributed by atoms with E-state index in [1.807, 2.05) is 0 Å². The van der Waals surface area contributed by atoms with E-state index >= 15 is 0 Å². The highest BCUT2D eigenvalue weighted by atomic mass is 31.2. The summed E-state index contributed by atoms with van der Waals surface area (Å²) in [5.74, 6) is -0.614. The van der Waals surface area contributed by atoms with Gasteiger partial charge in [0.1, 0.15) is 19.3 Å². The molecule has 0 radical (unpaired) electrons. The molecule has 19 heteroatoms. The molecule has 98 heavy (non-hydrogen) atoms. The second-order valence-electron chi connectivity index (χ2n) is 28.9. The van der Waals surface area contributed by atoms with Crippen molar-refractivity contribution in [3.8, 4) is 0 Å². The molecule has 0 aliphatic heterocycles. The topological polar surface area (TPSA) is 237 Å². The van der Waals surface area contributed by atoms with Gasteiger partial charge in [0.15, 0.2) is 12.2 Å². The van der Waals surface area contributed by atoms with Gasteiger partial charge in [0.2, 0.25) is 0 Å². The summed E-state index contributed by atoms with van der Waals surface area (Å²) in [6.45, 7) is 9.57. The molecule has 7 atom stereocenters. The van der Waals surface area contributed by atoms with Gasteiger partial charge in [-0.1, -0.05) is 363 Å². The molecule has 0 spiro atoms. The molecule has 0 heterocycles. The zero-order valence-corrected chi connectivity index (χ0v) is 65.9. The summed E-state index contributed by atoms with van der Waals surface area (Å²) < 4.78 is 68.6. The summed E-state index contributed by atoms with van der Waals surface area (Å²) in [5.41, 5.74) is 0. The predicted molar refractivity (Wildman–Crippen MR) is 400 cm³/mol. The normalized spacial score (nSPS) is 14.5. The first kappa shape index (κ1) is 96.1. The van der Waals surface area contributed by atoms with E-state index in [1.54, 1.807) is 0 Å². The van der Waals surface area contributed by atoms with Crippen LogP contribution >= 0.6 is 15.6 Å². The van der Waals surface area contributed by atoms with E-state index in [0.29, 0.717) is 25.7 Å². The number of esters is 4. The average Bonchev–Trinajstić information content (AvgIpc) is 1.02. The van der Waals surface area contributed by atoms with Crippen molar-refractivity contribution in [2.45, 2.75) is 432 Å². The summed E-state index contributed by atoms with van der Waals surface area (Å²) in [5, 5.41) is 10.6. The van der Waals surface area contributed by atoms with Crippen LogP contribution in [0, 0.1) is 11.8 Å². The number of aliphatic hydroxyl groups is 1. The van der Waals surface area contributed by atoms with E-state index in [1.165, 1.54) is 225 Å². The second-order valence-corrected chi connectivity index (χ2v) is 31.8. The molecule has 17 nitrogen and oxygen atoms in total. The van der Waals surface area contributed by atoms with E-state index < -0.39 is 97.5 Å². The SMILES string of the molecule is CCCCCCCCCCCCCCCCCCCCCCCC(=O)O[C@H](COC(=O)CCCCCCCCCCCCCCCCC)COP(=O)(O)OC[C@@H](O)COP(=O)(O)OC[C@@H](COC(=O)CCCCCCCCC(C)CC)OC(=O)CCCCCCCCCCC(C)CC. The van der Waals surface area contributed by atoms with Gasteiger partial charge in [0, 0.05) is 25.7 Å². The first-order chi connectivity index (χ1) is 47.4. The number of carbonyl (C=O) groups excluding carboxylic acids is 4. The molecule has 0 aromatic carbocycles. The second kappa shape index (κ2) is 70.7. The van der Waals surface area contributed by atoms with E-state index in [4.69, 9.17) is 37.0 Å². The minimum Gasteiger partial charge on any atom is -0.462 e. The highest BCUT2D eigenvalue weighted by Gasteiger charge is 2.30. The minimum atomic E-state index is -4.96. The summed E-state index contributed by atoms with van der Waals surface area (Å²) >= 11 is 0. The first-order valence-electron chi connectivity index (χ1n) is 41.1. The molecule has 4 unspecified atom stereocenters. The van der Waals surface area contributed by atoms with Crippen molar-refractivity contribution in [2.75, 3.05) is 39.6 Å². The standard InChI is InChI=1S/C79H154O17P2/c1-7-11-13-15-17-19-21-23-25-26-27-28-29-30-32-34-36-38-43-51-57-63-78(83)95-74(67-89-76(81)61-55-49-42-37-35-33-31-24-22-20-18-16-14-12-8-2)69-93-97(85,86)91-65-73(80)66-92-98(87,88)94-70-75(68-90-77(82)62-56-50-46-45-48-54-60-72(6)10-4)96-79(84)64-58-52-44-40-39-41-47-53-59-71(5)9-3/h71-75,80H,7-70H2,1-6H3,(H,85,86)(H,87,88)/t71?,72?,73-,74-,75-/m1/s1. The summed E-state index contributed by atoms with van der Waals surface area (Å²) in [6, 6.07) is 0. The maximum Gasteiger partial charge on any atom is 0.472 e. The molecule has 0 bridgehead atoms. The van der Waals surface area contributed by atoms with Gasteiger partial charge < -0.3 is 33.8 Å². The van der Waals surface area contributed by atoms with Crippen LogP contribution in [0.15, 0.2) is 0 Å². The smallest absolute Gasteiger partial charge is 0.462 e. The predicted octanol–water partition coefficient (Wildman–Crippen LogP) is 23.5. The lowest BCUT2D eigenvalue weighted by atomic mass is 9.99. The Bertz CT molecular complexity index is 1890. The third-order valence-electron chi connectivity index (χ3n) is 19.2. The van der Waals surface area contributed by atoms with Crippen molar-refractivity contribution in [3.05, 3.63) is 0 Å². The van der Waals surface area contributed by atoms with Crippen LogP contribution in [-0.4, -0.2) is 96.7 Å². The fraction of sp³-hybridized carbons (Fsp3) is 0.949. The van der Waals surface area contributed by atoms with E-state index in [-0.39, 0.29) is 25.7 Å². The third-order valence-corrected chi connectivity index (χ3v) is 21.1. The summed E-state index contributed by atoms with van der Waals surface area (Å²) in [6.07, 6.45) is 59.8.